The van der Waals surface area contributed by atoms with Crippen LogP contribution in [-0.4, -0.2) is 38.0 Å². The zero-order chi connectivity index (χ0) is 18.8. The fraction of sp³-hybridized carbons (Fsp3) is 0.381. The van der Waals surface area contributed by atoms with Crippen LogP contribution in [0.4, 0.5) is 4.39 Å². The molecule has 0 saturated heterocycles. The van der Waals surface area contributed by atoms with Crippen LogP contribution < -0.4 is 10.6 Å². The number of rotatable bonds is 8. The molecule has 148 valence electrons. The van der Waals surface area contributed by atoms with Crippen molar-refractivity contribution in [2.45, 2.75) is 26.4 Å². The first-order chi connectivity index (χ1) is 12.6. The first-order valence-corrected chi connectivity index (χ1v) is 9.06. The molecular weight excluding hydrogens is 454 g/mol. The molecule has 0 saturated carbocycles. The highest BCUT2D eigenvalue weighted by molar-refractivity contribution is 14.0. The van der Waals surface area contributed by atoms with E-state index in [9.17, 15) is 4.39 Å². The van der Waals surface area contributed by atoms with Crippen LogP contribution in [0.3, 0.4) is 0 Å². The van der Waals surface area contributed by atoms with Gasteiger partial charge >= 0.3 is 0 Å². The summed E-state index contributed by atoms with van der Waals surface area (Å²) in [5.74, 6) is 0.593. The maximum absolute atomic E-state index is 13.7. The van der Waals surface area contributed by atoms with Crippen LogP contribution in [0, 0.1) is 5.82 Å². The lowest BCUT2D eigenvalue weighted by Gasteiger charge is -2.12. The summed E-state index contributed by atoms with van der Waals surface area (Å²) in [7, 11) is 4.13. The molecule has 4 nitrogen and oxygen atoms in total. The highest BCUT2D eigenvalue weighted by atomic mass is 127. The van der Waals surface area contributed by atoms with Crippen LogP contribution in [0.15, 0.2) is 53.5 Å². The van der Waals surface area contributed by atoms with Crippen molar-refractivity contribution >= 4 is 29.9 Å². The van der Waals surface area contributed by atoms with Crippen LogP contribution >= 0.6 is 24.0 Å². The van der Waals surface area contributed by atoms with Crippen LogP contribution in [-0.2, 0) is 19.5 Å². The first-order valence-electron chi connectivity index (χ1n) is 9.06. The smallest absolute Gasteiger partial charge is 0.191 e. The lowest BCUT2D eigenvalue weighted by Crippen LogP contribution is -2.38. The minimum atomic E-state index is -0.158. The second-order valence-corrected chi connectivity index (χ2v) is 6.52. The SMILES string of the molecule is CCNC(=NCc1cccc(CN(C)C)c1)NCCc1ccccc1F.I. The molecule has 27 heavy (non-hydrogen) atoms. The summed E-state index contributed by atoms with van der Waals surface area (Å²) in [6.07, 6.45) is 0.620. The molecule has 0 spiro atoms. The van der Waals surface area contributed by atoms with Gasteiger partial charge in [-0.2, -0.15) is 0 Å². The van der Waals surface area contributed by atoms with Crippen molar-refractivity contribution in [3.05, 3.63) is 71.0 Å². The van der Waals surface area contributed by atoms with Crippen LogP contribution in [0.1, 0.15) is 23.6 Å². The Morgan fingerprint density at radius 2 is 1.78 bits per heavy atom. The summed E-state index contributed by atoms with van der Waals surface area (Å²) in [6, 6.07) is 15.4. The second-order valence-electron chi connectivity index (χ2n) is 6.52. The van der Waals surface area contributed by atoms with E-state index in [-0.39, 0.29) is 29.8 Å². The number of guanidine groups is 1. The number of aliphatic imine (C=N–C) groups is 1. The maximum atomic E-state index is 13.7. The number of hydrogen-bond acceptors (Lipinski definition) is 2. The largest absolute Gasteiger partial charge is 0.357 e. The van der Waals surface area contributed by atoms with Gasteiger partial charge in [-0.15, -0.1) is 24.0 Å². The quantitative estimate of drug-likeness (QED) is 0.340. The molecule has 0 aliphatic rings. The van der Waals surface area contributed by atoms with Gasteiger partial charge in [0.05, 0.1) is 6.54 Å². The van der Waals surface area contributed by atoms with Crippen LogP contribution in [0.2, 0.25) is 0 Å². The molecule has 0 atom stereocenters. The zero-order valence-electron chi connectivity index (χ0n) is 16.3. The Bertz CT molecular complexity index is 719. The molecular formula is C21H30FIN4. The Balaban J connectivity index is 0.00000364. The Hall–Kier alpha value is -1.67. The summed E-state index contributed by atoms with van der Waals surface area (Å²) in [4.78, 5) is 6.79. The molecule has 0 fully saturated rings. The highest BCUT2D eigenvalue weighted by Gasteiger charge is 2.03. The summed E-state index contributed by atoms with van der Waals surface area (Å²) in [5, 5.41) is 6.51. The van der Waals surface area contributed by atoms with Gasteiger partial charge < -0.3 is 15.5 Å². The summed E-state index contributed by atoms with van der Waals surface area (Å²) >= 11 is 0. The number of nitrogens with one attached hydrogen (secondary N) is 2. The Morgan fingerprint density at radius 1 is 1.04 bits per heavy atom. The molecule has 0 unspecified atom stereocenters. The van der Waals surface area contributed by atoms with E-state index >= 15 is 0 Å². The third-order valence-electron chi connectivity index (χ3n) is 3.90. The van der Waals surface area contributed by atoms with E-state index in [0.717, 1.165) is 19.0 Å². The van der Waals surface area contributed by atoms with Gasteiger partial charge in [0.25, 0.3) is 0 Å². The number of nitrogens with zero attached hydrogens (tertiary/aromatic N) is 2. The van der Waals surface area contributed by atoms with Crippen molar-refractivity contribution in [3.63, 3.8) is 0 Å². The van der Waals surface area contributed by atoms with Crippen LogP contribution in [0.25, 0.3) is 0 Å². The Labute approximate surface area is 179 Å². The molecule has 2 aromatic rings. The van der Waals surface area contributed by atoms with Gasteiger partial charge in [0.1, 0.15) is 5.82 Å². The van der Waals surface area contributed by atoms with Crippen molar-refractivity contribution in [2.24, 2.45) is 4.99 Å². The van der Waals surface area contributed by atoms with Gasteiger partial charge in [0, 0.05) is 19.6 Å². The number of halogens is 2. The third kappa shape index (κ3) is 8.71. The summed E-state index contributed by atoms with van der Waals surface area (Å²) < 4.78 is 13.7. The van der Waals surface area contributed by atoms with E-state index in [4.69, 9.17) is 0 Å². The monoisotopic (exact) mass is 484 g/mol. The van der Waals surface area contributed by atoms with Crippen LogP contribution in [0.5, 0.6) is 0 Å². The fourth-order valence-electron chi connectivity index (χ4n) is 2.72. The fourth-order valence-corrected chi connectivity index (χ4v) is 2.72. The first kappa shape index (κ1) is 23.4. The molecule has 2 N–H and O–H groups in total. The van der Waals surface area contributed by atoms with Gasteiger partial charge in [0.2, 0.25) is 0 Å². The molecule has 0 aliphatic carbocycles. The van der Waals surface area contributed by atoms with Crippen molar-refractivity contribution < 1.29 is 4.39 Å². The molecule has 2 aromatic carbocycles. The summed E-state index contributed by atoms with van der Waals surface area (Å²) in [6.45, 7) is 4.97. The molecule has 2 rings (SSSR count). The van der Waals surface area contributed by atoms with E-state index < -0.39 is 0 Å². The second kappa shape index (κ2) is 12.7. The maximum Gasteiger partial charge on any atom is 0.191 e. The van der Waals surface area contributed by atoms with Gasteiger partial charge in [-0.05, 0) is 50.2 Å². The van der Waals surface area contributed by atoms with E-state index in [2.05, 4.69) is 58.9 Å². The normalized spacial score (nSPS) is 11.2. The number of benzene rings is 2. The summed E-state index contributed by atoms with van der Waals surface area (Å²) in [5.41, 5.74) is 3.17. The lowest BCUT2D eigenvalue weighted by molar-refractivity contribution is 0.402. The van der Waals surface area contributed by atoms with Gasteiger partial charge in [0.15, 0.2) is 5.96 Å². The molecule has 0 amide bonds. The Kier molecular flexibility index (Phi) is 11.0. The molecule has 0 bridgehead atoms. The predicted octanol–water partition coefficient (Wildman–Crippen LogP) is 3.80. The van der Waals surface area contributed by atoms with E-state index in [0.29, 0.717) is 25.1 Å². The number of hydrogen-bond donors (Lipinski definition) is 2. The molecule has 6 heteroatoms. The molecule has 0 radical (unpaired) electrons. The lowest BCUT2D eigenvalue weighted by atomic mass is 10.1. The van der Waals surface area contributed by atoms with E-state index in [1.54, 1.807) is 6.07 Å². The third-order valence-corrected chi connectivity index (χ3v) is 3.90. The van der Waals surface area contributed by atoms with E-state index in [1.165, 1.54) is 17.2 Å². The van der Waals surface area contributed by atoms with E-state index in [1.807, 2.05) is 19.1 Å². The minimum Gasteiger partial charge on any atom is -0.357 e. The molecule has 0 aliphatic heterocycles. The minimum absolute atomic E-state index is 0. The molecule has 0 aromatic heterocycles. The zero-order valence-corrected chi connectivity index (χ0v) is 18.7. The van der Waals surface area contributed by atoms with Crippen molar-refractivity contribution in [1.29, 1.82) is 0 Å². The van der Waals surface area contributed by atoms with Crippen molar-refractivity contribution in [3.8, 4) is 0 Å². The predicted molar refractivity (Wildman–Crippen MR) is 122 cm³/mol. The van der Waals surface area contributed by atoms with Gasteiger partial charge in [-0.3, -0.25) is 0 Å². The Morgan fingerprint density at radius 3 is 2.48 bits per heavy atom. The standard InChI is InChI=1S/C21H29FN4.HI/c1-4-23-21(24-13-12-19-10-5-6-11-20(19)22)25-15-17-8-7-9-18(14-17)16-26(2)3;/h5-11,14H,4,12-13,15-16H2,1-3H3,(H2,23,24,25);1H. The van der Waals surface area contributed by atoms with Gasteiger partial charge in [-0.1, -0.05) is 42.5 Å². The molecule has 0 heterocycles. The average Bonchev–Trinajstić information content (AvgIpc) is 2.61. The van der Waals surface area contributed by atoms with Crippen molar-refractivity contribution in [2.75, 3.05) is 27.2 Å². The van der Waals surface area contributed by atoms with Crippen molar-refractivity contribution in [1.82, 2.24) is 15.5 Å². The average molecular weight is 484 g/mol. The van der Waals surface area contributed by atoms with Gasteiger partial charge in [-0.25, -0.2) is 9.38 Å². The highest BCUT2D eigenvalue weighted by Crippen LogP contribution is 2.08. The topological polar surface area (TPSA) is 39.7 Å².